The number of ether oxygens (including phenoxy) is 1. The number of aliphatic hydroxyl groups excluding tert-OH is 1. The van der Waals surface area contributed by atoms with Crippen molar-refractivity contribution in [2.45, 2.75) is 13.0 Å². The quantitative estimate of drug-likeness (QED) is 0.851. The second kappa shape index (κ2) is 4.89. The molecular formula is C14H14O3. The van der Waals surface area contributed by atoms with E-state index in [0.29, 0.717) is 11.3 Å². The lowest BCUT2D eigenvalue weighted by molar-refractivity contribution is 0.194. The molecule has 0 aliphatic heterocycles. The number of para-hydroxylation sites is 1. The Hall–Kier alpha value is -2.00. The number of phenols is 1. The highest BCUT2D eigenvalue weighted by molar-refractivity contribution is 5.42. The van der Waals surface area contributed by atoms with Crippen LogP contribution in [0.1, 0.15) is 18.6 Å². The van der Waals surface area contributed by atoms with E-state index in [-0.39, 0.29) is 5.75 Å². The van der Waals surface area contributed by atoms with Gasteiger partial charge < -0.3 is 14.9 Å². The SMILES string of the molecule is CC(O)c1cc(Oc2ccccc2)ccc1O. The number of hydrogen-bond acceptors (Lipinski definition) is 3. The Morgan fingerprint density at radius 2 is 1.71 bits per heavy atom. The van der Waals surface area contributed by atoms with Gasteiger partial charge in [0, 0.05) is 5.56 Å². The van der Waals surface area contributed by atoms with Crippen LogP contribution in [0.5, 0.6) is 17.2 Å². The lowest BCUT2D eigenvalue weighted by Gasteiger charge is -2.11. The zero-order valence-electron chi connectivity index (χ0n) is 9.50. The van der Waals surface area contributed by atoms with Crippen molar-refractivity contribution in [1.29, 1.82) is 0 Å². The maximum Gasteiger partial charge on any atom is 0.128 e. The minimum Gasteiger partial charge on any atom is -0.508 e. The Morgan fingerprint density at radius 1 is 1.00 bits per heavy atom. The van der Waals surface area contributed by atoms with Crippen molar-refractivity contribution < 1.29 is 14.9 Å². The topological polar surface area (TPSA) is 49.7 Å². The highest BCUT2D eigenvalue weighted by Crippen LogP contribution is 2.30. The van der Waals surface area contributed by atoms with Crippen LogP contribution in [0.3, 0.4) is 0 Å². The first-order chi connectivity index (χ1) is 8.16. The summed E-state index contributed by atoms with van der Waals surface area (Å²) in [6.07, 6.45) is -0.727. The molecular weight excluding hydrogens is 216 g/mol. The smallest absolute Gasteiger partial charge is 0.128 e. The fourth-order valence-corrected chi connectivity index (χ4v) is 1.56. The number of hydrogen-bond donors (Lipinski definition) is 2. The van der Waals surface area contributed by atoms with Crippen LogP contribution in [-0.4, -0.2) is 10.2 Å². The molecule has 0 saturated heterocycles. The third-order valence-corrected chi connectivity index (χ3v) is 2.43. The molecule has 2 aromatic carbocycles. The lowest BCUT2D eigenvalue weighted by Crippen LogP contribution is -1.93. The van der Waals surface area contributed by atoms with Crippen molar-refractivity contribution in [2.24, 2.45) is 0 Å². The van der Waals surface area contributed by atoms with E-state index in [1.165, 1.54) is 6.07 Å². The van der Waals surface area contributed by atoms with E-state index in [1.807, 2.05) is 30.3 Å². The fourth-order valence-electron chi connectivity index (χ4n) is 1.56. The molecule has 0 fully saturated rings. The standard InChI is InChI=1S/C14H14O3/c1-10(15)13-9-12(7-8-14(13)16)17-11-5-3-2-4-6-11/h2-10,15-16H,1H3. The Morgan fingerprint density at radius 3 is 2.35 bits per heavy atom. The molecule has 0 radical (unpaired) electrons. The zero-order valence-corrected chi connectivity index (χ0v) is 9.50. The van der Waals surface area contributed by atoms with Gasteiger partial charge in [-0.15, -0.1) is 0 Å². The van der Waals surface area contributed by atoms with E-state index in [9.17, 15) is 10.2 Å². The summed E-state index contributed by atoms with van der Waals surface area (Å²) >= 11 is 0. The third-order valence-electron chi connectivity index (χ3n) is 2.43. The van der Waals surface area contributed by atoms with Gasteiger partial charge in [0.15, 0.2) is 0 Å². The van der Waals surface area contributed by atoms with Crippen molar-refractivity contribution in [3.8, 4) is 17.2 Å². The van der Waals surface area contributed by atoms with Crippen LogP contribution in [0.15, 0.2) is 48.5 Å². The largest absolute Gasteiger partial charge is 0.508 e. The van der Waals surface area contributed by atoms with Crippen molar-refractivity contribution in [3.05, 3.63) is 54.1 Å². The van der Waals surface area contributed by atoms with Gasteiger partial charge in [-0.25, -0.2) is 0 Å². The van der Waals surface area contributed by atoms with Gasteiger partial charge in [-0.05, 0) is 37.3 Å². The molecule has 2 N–H and O–H groups in total. The Kier molecular flexibility index (Phi) is 3.30. The first kappa shape index (κ1) is 11.5. The van der Waals surface area contributed by atoms with E-state index in [4.69, 9.17) is 4.74 Å². The molecule has 3 heteroatoms. The summed E-state index contributed by atoms with van der Waals surface area (Å²) in [5, 5.41) is 19.0. The van der Waals surface area contributed by atoms with E-state index in [2.05, 4.69) is 0 Å². The van der Waals surface area contributed by atoms with Crippen LogP contribution in [-0.2, 0) is 0 Å². The lowest BCUT2D eigenvalue weighted by atomic mass is 10.1. The van der Waals surface area contributed by atoms with Crippen LogP contribution < -0.4 is 4.74 Å². The summed E-state index contributed by atoms with van der Waals surface area (Å²) < 4.78 is 5.60. The molecule has 0 aliphatic carbocycles. The number of benzene rings is 2. The summed E-state index contributed by atoms with van der Waals surface area (Å²) in [7, 11) is 0. The van der Waals surface area contributed by atoms with Gasteiger partial charge in [0.1, 0.15) is 17.2 Å². The van der Waals surface area contributed by atoms with Crippen LogP contribution >= 0.6 is 0 Å². The van der Waals surface area contributed by atoms with Crippen LogP contribution in [0.25, 0.3) is 0 Å². The first-order valence-electron chi connectivity index (χ1n) is 5.40. The molecule has 17 heavy (non-hydrogen) atoms. The predicted octanol–water partition coefficient (Wildman–Crippen LogP) is 3.24. The average Bonchev–Trinajstić information content (AvgIpc) is 2.32. The summed E-state index contributed by atoms with van der Waals surface area (Å²) in [4.78, 5) is 0. The second-order valence-corrected chi connectivity index (χ2v) is 3.81. The minimum atomic E-state index is -0.727. The Balaban J connectivity index is 2.26. The maximum absolute atomic E-state index is 9.56. The molecule has 0 aliphatic rings. The van der Waals surface area contributed by atoms with Crippen molar-refractivity contribution in [3.63, 3.8) is 0 Å². The Labute approximate surface area is 99.9 Å². The molecule has 0 aromatic heterocycles. The molecule has 1 unspecified atom stereocenters. The Bertz CT molecular complexity index is 492. The van der Waals surface area contributed by atoms with E-state index >= 15 is 0 Å². The number of aliphatic hydroxyl groups is 1. The van der Waals surface area contributed by atoms with Gasteiger partial charge in [0.2, 0.25) is 0 Å². The monoisotopic (exact) mass is 230 g/mol. The highest BCUT2D eigenvalue weighted by atomic mass is 16.5. The molecule has 0 saturated carbocycles. The second-order valence-electron chi connectivity index (χ2n) is 3.81. The summed E-state index contributed by atoms with van der Waals surface area (Å²) in [6.45, 7) is 1.60. The minimum absolute atomic E-state index is 0.0698. The van der Waals surface area contributed by atoms with Crippen LogP contribution in [0, 0.1) is 0 Å². The third kappa shape index (κ3) is 2.77. The summed E-state index contributed by atoms with van der Waals surface area (Å²) in [5.41, 5.74) is 0.457. The molecule has 2 aromatic rings. The number of rotatable bonds is 3. The van der Waals surface area contributed by atoms with Gasteiger partial charge in [-0.1, -0.05) is 18.2 Å². The molecule has 0 amide bonds. The normalized spacial score (nSPS) is 12.1. The van der Waals surface area contributed by atoms with Crippen molar-refractivity contribution in [1.82, 2.24) is 0 Å². The van der Waals surface area contributed by atoms with Crippen LogP contribution in [0.2, 0.25) is 0 Å². The van der Waals surface area contributed by atoms with E-state index in [1.54, 1.807) is 19.1 Å². The molecule has 2 rings (SSSR count). The maximum atomic E-state index is 9.56. The fraction of sp³-hybridized carbons (Fsp3) is 0.143. The number of phenolic OH excluding ortho intramolecular Hbond substituents is 1. The van der Waals surface area contributed by atoms with Gasteiger partial charge in [0.25, 0.3) is 0 Å². The van der Waals surface area contributed by atoms with Gasteiger partial charge in [-0.3, -0.25) is 0 Å². The average molecular weight is 230 g/mol. The van der Waals surface area contributed by atoms with Gasteiger partial charge in [0.05, 0.1) is 6.10 Å². The van der Waals surface area contributed by atoms with Gasteiger partial charge in [-0.2, -0.15) is 0 Å². The van der Waals surface area contributed by atoms with Crippen LogP contribution in [0.4, 0.5) is 0 Å². The molecule has 1 atom stereocenters. The summed E-state index contributed by atoms with van der Waals surface area (Å²) in [6, 6.07) is 14.2. The molecule has 3 nitrogen and oxygen atoms in total. The van der Waals surface area contributed by atoms with Gasteiger partial charge >= 0.3 is 0 Å². The predicted molar refractivity (Wildman–Crippen MR) is 65.3 cm³/mol. The van der Waals surface area contributed by atoms with E-state index < -0.39 is 6.10 Å². The molecule has 88 valence electrons. The van der Waals surface area contributed by atoms with E-state index in [0.717, 1.165) is 5.75 Å². The molecule has 0 heterocycles. The number of aromatic hydroxyl groups is 1. The summed E-state index contributed by atoms with van der Waals surface area (Å²) in [5.74, 6) is 1.38. The van der Waals surface area contributed by atoms with Crippen molar-refractivity contribution in [2.75, 3.05) is 0 Å². The molecule has 0 bridgehead atoms. The highest BCUT2D eigenvalue weighted by Gasteiger charge is 2.09. The van der Waals surface area contributed by atoms with Crippen molar-refractivity contribution >= 4 is 0 Å². The first-order valence-corrected chi connectivity index (χ1v) is 5.40. The molecule has 0 spiro atoms. The zero-order chi connectivity index (χ0) is 12.3.